The van der Waals surface area contributed by atoms with Gasteiger partial charge < -0.3 is 5.73 Å². The first-order valence-electron chi connectivity index (χ1n) is 4.78. The second kappa shape index (κ2) is 3.68. The van der Waals surface area contributed by atoms with Crippen LogP contribution in [0.15, 0.2) is 24.3 Å². The van der Waals surface area contributed by atoms with E-state index in [0.717, 1.165) is 5.56 Å². The first kappa shape index (κ1) is 9.64. The first-order valence-corrected chi connectivity index (χ1v) is 4.78. The lowest BCUT2D eigenvalue weighted by atomic mass is 10.1. The first-order chi connectivity index (χ1) is 7.18. The van der Waals surface area contributed by atoms with Crippen LogP contribution >= 0.6 is 0 Å². The molecule has 0 fully saturated rings. The lowest BCUT2D eigenvalue weighted by Gasteiger charge is -2.12. The lowest BCUT2D eigenvalue weighted by Crippen LogP contribution is -2.11. The van der Waals surface area contributed by atoms with E-state index in [1.807, 2.05) is 6.92 Å². The predicted molar refractivity (Wildman–Crippen MR) is 57.2 cm³/mol. The van der Waals surface area contributed by atoms with Crippen molar-refractivity contribution in [3.8, 4) is 0 Å². The number of rotatable bonds is 2. The number of nitrogens with zero attached hydrogens (tertiary/aromatic N) is 4. The molecule has 2 N–H and O–H groups in total. The summed E-state index contributed by atoms with van der Waals surface area (Å²) in [5.74, 6) is 0.336. The van der Waals surface area contributed by atoms with E-state index in [2.05, 4.69) is 46.7 Å². The van der Waals surface area contributed by atoms with E-state index in [1.165, 1.54) is 5.56 Å². The van der Waals surface area contributed by atoms with Crippen LogP contribution in [0, 0.1) is 6.92 Å². The minimum Gasteiger partial charge on any atom is -0.367 e. The summed E-state index contributed by atoms with van der Waals surface area (Å²) in [5.41, 5.74) is 8.01. The Morgan fingerprint density at radius 2 is 1.93 bits per heavy atom. The Labute approximate surface area is 87.9 Å². The molecule has 0 spiro atoms. The van der Waals surface area contributed by atoms with Crippen molar-refractivity contribution in [3.05, 3.63) is 35.4 Å². The summed E-state index contributed by atoms with van der Waals surface area (Å²) in [6.07, 6.45) is 0. The quantitative estimate of drug-likeness (QED) is 0.795. The van der Waals surface area contributed by atoms with Gasteiger partial charge in [0.05, 0.1) is 6.04 Å². The Bertz CT molecular complexity index is 445. The zero-order valence-electron chi connectivity index (χ0n) is 8.75. The smallest absolute Gasteiger partial charge is 0.240 e. The normalized spacial score (nSPS) is 12.7. The van der Waals surface area contributed by atoms with E-state index in [1.54, 1.807) is 4.68 Å². The molecule has 1 atom stereocenters. The highest BCUT2D eigenvalue weighted by molar-refractivity contribution is 5.26. The van der Waals surface area contributed by atoms with Crippen molar-refractivity contribution in [3.63, 3.8) is 0 Å². The van der Waals surface area contributed by atoms with Gasteiger partial charge in [-0.25, -0.2) is 4.68 Å². The minimum atomic E-state index is 0.0561. The molecule has 1 heterocycles. The molecule has 78 valence electrons. The molecule has 0 saturated carbocycles. The summed E-state index contributed by atoms with van der Waals surface area (Å²) in [5, 5.41) is 11.0. The van der Waals surface area contributed by atoms with Crippen LogP contribution in [0.25, 0.3) is 0 Å². The van der Waals surface area contributed by atoms with E-state index in [-0.39, 0.29) is 6.04 Å². The molecule has 5 heteroatoms. The Morgan fingerprint density at radius 3 is 2.47 bits per heavy atom. The van der Waals surface area contributed by atoms with E-state index >= 15 is 0 Å². The number of anilines is 1. The van der Waals surface area contributed by atoms with Gasteiger partial charge in [-0.3, -0.25) is 0 Å². The van der Waals surface area contributed by atoms with E-state index < -0.39 is 0 Å². The molecule has 0 radical (unpaired) electrons. The molecule has 0 bridgehead atoms. The molecule has 1 aromatic heterocycles. The number of nitrogen functional groups attached to an aromatic ring is 1. The van der Waals surface area contributed by atoms with Gasteiger partial charge in [0, 0.05) is 0 Å². The maximum atomic E-state index is 5.64. The van der Waals surface area contributed by atoms with Crippen LogP contribution in [0.5, 0.6) is 0 Å². The molecule has 0 amide bonds. The van der Waals surface area contributed by atoms with Gasteiger partial charge in [-0.1, -0.05) is 34.9 Å². The Balaban J connectivity index is 2.32. The molecule has 1 unspecified atom stereocenters. The molecule has 0 saturated heterocycles. The molecule has 15 heavy (non-hydrogen) atoms. The average Bonchev–Trinajstić information content (AvgIpc) is 2.65. The zero-order valence-corrected chi connectivity index (χ0v) is 8.75. The van der Waals surface area contributed by atoms with Gasteiger partial charge in [0.15, 0.2) is 0 Å². The molecule has 0 aliphatic rings. The van der Waals surface area contributed by atoms with Crippen LogP contribution in [0.1, 0.15) is 24.1 Å². The number of aryl methyl sites for hydroxylation is 1. The van der Waals surface area contributed by atoms with Gasteiger partial charge in [0.25, 0.3) is 0 Å². The molecular weight excluding hydrogens is 190 g/mol. The SMILES string of the molecule is Cc1ccc(C(C)n2nnnc2N)cc1. The summed E-state index contributed by atoms with van der Waals surface area (Å²) in [6, 6.07) is 8.29. The number of aromatic nitrogens is 4. The standard InChI is InChI=1S/C10H13N5/c1-7-3-5-9(6-4-7)8(2)15-10(11)12-13-14-15/h3-6,8H,1-2H3,(H2,11,12,14). The van der Waals surface area contributed by atoms with Crippen LogP contribution < -0.4 is 5.73 Å². The highest BCUT2D eigenvalue weighted by Crippen LogP contribution is 2.18. The number of benzene rings is 1. The highest BCUT2D eigenvalue weighted by Gasteiger charge is 2.11. The van der Waals surface area contributed by atoms with Gasteiger partial charge in [-0.05, 0) is 29.8 Å². The van der Waals surface area contributed by atoms with Crippen molar-refractivity contribution in [2.45, 2.75) is 19.9 Å². The van der Waals surface area contributed by atoms with Crippen LogP contribution in [0.2, 0.25) is 0 Å². The number of hydrogen-bond acceptors (Lipinski definition) is 4. The maximum absolute atomic E-state index is 5.64. The second-order valence-corrected chi connectivity index (χ2v) is 3.57. The van der Waals surface area contributed by atoms with E-state index in [0.29, 0.717) is 5.95 Å². The molecule has 2 rings (SSSR count). The van der Waals surface area contributed by atoms with Crippen LogP contribution in [-0.4, -0.2) is 20.2 Å². The van der Waals surface area contributed by atoms with Crippen molar-refractivity contribution >= 4 is 5.95 Å². The fourth-order valence-corrected chi connectivity index (χ4v) is 1.46. The number of hydrogen-bond donors (Lipinski definition) is 1. The fourth-order valence-electron chi connectivity index (χ4n) is 1.46. The molecule has 2 aromatic rings. The maximum Gasteiger partial charge on any atom is 0.240 e. The number of nitrogens with two attached hydrogens (primary N) is 1. The van der Waals surface area contributed by atoms with Gasteiger partial charge in [0.2, 0.25) is 5.95 Å². The van der Waals surface area contributed by atoms with E-state index in [9.17, 15) is 0 Å². The Kier molecular flexibility index (Phi) is 2.37. The van der Waals surface area contributed by atoms with Gasteiger partial charge >= 0.3 is 0 Å². The lowest BCUT2D eigenvalue weighted by molar-refractivity contribution is 0.550. The van der Waals surface area contributed by atoms with Crippen molar-refractivity contribution in [1.82, 2.24) is 20.2 Å². The molecule has 0 aliphatic heterocycles. The highest BCUT2D eigenvalue weighted by atomic mass is 15.6. The third kappa shape index (κ3) is 1.81. The fraction of sp³-hybridized carbons (Fsp3) is 0.300. The Hall–Kier alpha value is -1.91. The third-order valence-corrected chi connectivity index (χ3v) is 2.44. The summed E-state index contributed by atoms with van der Waals surface area (Å²) >= 11 is 0. The van der Waals surface area contributed by atoms with E-state index in [4.69, 9.17) is 5.73 Å². The van der Waals surface area contributed by atoms with Gasteiger partial charge in [-0.15, -0.1) is 0 Å². The number of tetrazole rings is 1. The van der Waals surface area contributed by atoms with Crippen molar-refractivity contribution in [2.75, 3.05) is 5.73 Å². The summed E-state index contributed by atoms with van der Waals surface area (Å²) < 4.78 is 1.60. The predicted octanol–water partition coefficient (Wildman–Crippen LogP) is 1.17. The molecule has 1 aromatic carbocycles. The summed E-state index contributed by atoms with van der Waals surface area (Å²) in [4.78, 5) is 0. The van der Waals surface area contributed by atoms with Crippen LogP contribution in [-0.2, 0) is 0 Å². The van der Waals surface area contributed by atoms with Gasteiger partial charge in [-0.2, -0.15) is 0 Å². The van der Waals surface area contributed by atoms with Crippen molar-refractivity contribution in [2.24, 2.45) is 0 Å². The topological polar surface area (TPSA) is 69.6 Å². The molecule has 5 nitrogen and oxygen atoms in total. The minimum absolute atomic E-state index is 0.0561. The van der Waals surface area contributed by atoms with Crippen molar-refractivity contribution < 1.29 is 0 Å². The summed E-state index contributed by atoms with van der Waals surface area (Å²) in [6.45, 7) is 4.07. The van der Waals surface area contributed by atoms with Crippen LogP contribution in [0.3, 0.4) is 0 Å². The Morgan fingerprint density at radius 1 is 1.27 bits per heavy atom. The van der Waals surface area contributed by atoms with Gasteiger partial charge in [0.1, 0.15) is 0 Å². The summed E-state index contributed by atoms with van der Waals surface area (Å²) in [7, 11) is 0. The van der Waals surface area contributed by atoms with Crippen LogP contribution in [0.4, 0.5) is 5.95 Å². The molecule has 0 aliphatic carbocycles. The van der Waals surface area contributed by atoms with Crippen molar-refractivity contribution in [1.29, 1.82) is 0 Å². The monoisotopic (exact) mass is 203 g/mol. The average molecular weight is 203 g/mol. The zero-order chi connectivity index (χ0) is 10.8. The molecular formula is C10H13N5. The third-order valence-electron chi connectivity index (χ3n) is 2.44. The second-order valence-electron chi connectivity index (χ2n) is 3.57. The largest absolute Gasteiger partial charge is 0.367 e.